The third-order valence-electron chi connectivity index (χ3n) is 6.00. The van der Waals surface area contributed by atoms with Crippen LogP contribution in [0.1, 0.15) is 55.3 Å². The molecule has 4 atom stereocenters. The molecule has 0 bridgehead atoms. The van der Waals surface area contributed by atoms with Gasteiger partial charge in [0.1, 0.15) is 18.9 Å². The van der Waals surface area contributed by atoms with Gasteiger partial charge in [-0.15, -0.1) is 0 Å². The van der Waals surface area contributed by atoms with Gasteiger partial charge >= 0.3 is 0 Å². The number of benzene rings is 2. The molecule has 2 aromatic carbocycles. The van der Waals surface area contributed by atoms with E-state index in [1.54, 1.807) is 19.1 Å². The number of nitrogens with zero attached hydrogens (tertiary/aromatic N) is 1. The first-order chi connectivity index (χ1) is 18.9. The number of amides is 1. The van der Waals surface area contributed by atoms with Gasteiger partial charge in [0.25, 0.3) is 0 Å². The number of rotatable bonds is 12. The molecule has 9 nitrogen and oxygen atoms in total. The zero-order chi connectivity index (χ0) is 29.5. The van der Waals surface area contributed by atoms with E-state index in [4.69, 9.17) is 10.5 Å². The van der Waals surface area contributed by atoms with Gasteiger partial charge in [-0.1, -0.05) is 54.6 Å². The normalized spacial score (nSPS) is 17.0. The fourth-order valence-electron chi connectivity index (χ4n) is 4.12. The van der Waals surface area contributed by atoms with E-state index >= 15 is 0 Å². The van der Waals surface area contributed by atoms with E-state index in [1.165, 1.54) is 18.2 Å². The predicted octanol–water partition coefficient (Wildman–Crippen LogP) is 2.60. The van der Waals surface area contributed by atoms with E-state index < -0.39 is 0 Å². The lowest BCUT2D eigenvalue weighted by molar-refractivity contribution is -0.125. The molecule has 1 fully saturated rings. The van der Waals surface area contributed by atoms with Crippen LogP contribution in [-0.2, 0) is 36.9 Å². The molecule has 0 radical (unpaired) electrons. The van der Waals surface area contributed by atoms with Crippen LogP contribution < -0.4 is 16.8 Å². The van der Waals surface area contributed by atoms with Gasteiger partial charge in [-0.25, -0.2) is 0 Å². The molecule has 2 aromatic rings. The summed E-state index contributed by atoms with van der Waals surface area (Å²) in [7, 11) is 4.90. The molecule has 1 saturated heterocycles. The number of nitrogens with one attached hydrogen (secondary N) is 1. The maximum atomic E-state index is 11.2. The van der Waals surface area contributed by atoms with E-state index in [1.807, 2.05) is 55.5 Å². The highest BCUT2D eigenvalue weighted by Crippen LogP contribution is 2.36. The second-order valence-electron chi connectivity index (χ2n) is 8.92. The van der Waals surface area contributed by atoms with Gasteiger partial charge in [0.05, 0.1) is 24.7 Å². The molecule has 1 amide bonds. The Bertz CT molecular complexity index is 927. The van der Waals surface area contributed by atoms with Crippen molar-refractivity contribution in [2.75, 3.05) is 21.2 Å². The Morgan fingerprint density at radius 2 is 1.67 bits per heavy atom. The molecule has 1 aliphatic heterocycles. The van der Waals surface area contributed by atoms with E-state index in [2.05, 4.69) is 17.1 Å². The lowest BCUT2D eigenvalue weighted by Gasteiger charge is -2.25. The van der Waals surface area contributed by atoms with Crippen molar-refractivity contribution in [3.63, 3.8) is 0 Å². The molecular weight excluding hydrogens is 496 g/mol. The quantitative estimate of drug-likeness (QED) is 0.347. The van der Waals surface area contributed by atoms with Crippen molar-refractivity contribution in [3.05, 3.63) is 71.3 Å². The molecule has 1 aliphatic rings. The number of carbonyl (C=O) groups excluding carboxylic acids is 4. The van der Waals surface area contributed by atoms with Crippen LogP contribution in [0.15, 0.2) is 54.6 Å². The topological polar surface area (TPSA) is 145 Å². The Balaban J connectivity index is 0.000000606. The first kappa shape index (κ1) is 35.8. The van der Waals surface area contributed by atoms with Gasteiger partial charge in [0.2, 0.25) is 6.41 Å². The van der Waals surface area contributed by atoms with Gasteiger partial charge < -0.3 is 40.8 Å². The summed E-state index contributed by atoms with van der Waals surface area (Å²) in [5, 5.41) is 2.76. The minimum Gasteiger partial charge on any atom is -0.380 e. The summed E-state index contributed by atoms with van der Waals surface area (Å²) in [4.78, 5) is 43.7. The highest BCUT2D eigenvalue weighted by Gasteiger charge is 2.34. The average Bonchev–Trinajstić information content (AvgIpc) is 3.39. The van der Waals surface area contributed by atoms with Crippen LogP contribution in [0.5, 0.6) is 0 Å². The molecule has 39 heavy (non-hydrogen) atoms. The maximum absolute atomic E-state index is 11.2. The van der Waals surface area contributed by atoms with E-state index in [0.29, 0.717) is 19.4 Å². The van der Waals surface area contributed by atoms with Gasteiger partial charge in [0, 0.05) is 19.6 Å². The zero-order valence-corrected chi connectivity index (χ0v) is 23.7. The predicted molar refractivity (Wildman–Crippen MR) is 155 cm³/mol. The lowest BCUT2D eigenvalue weighted by Crippen LogP contribution is -2.32. The molecule has 5 N–H and O–H groups in total. The SMILES string of the molecule is CC(N)Cc1ccccc1C1CCC(C=O)N1C=O.CN.CNC(C=O)CCC=O.COCc1ccccc1. The van der Waals surface area contributed by atoms with Crippen molar-refractivity contribution in [2.24, 2.45) is 11.5 Å². The van der Waals surface area contributed by atoms with Gasteiger partial charge in [-0.2, -0.15) is 0 Å². The van der Waals surface area contributed by atoms with E-state index in [0.717, 1.165) is 50.1 Å². The number of hydrogen-bond donors (Lipinski definition) is 3. The molecule has 0 saturated carbocycles. The van der Waals surface area contributed by atoms with E-state index in [-0.39, 0.29) is 24.2 Å². The molecule has 1 heterocycles. The second kappa shape index (κ2) is 22.7. The van der Waals surface area contributed by atoms with E-state index in [9.17, 15) is 19.2 Å². The average molecular weight is 543 g/mol. The van der Waals surface area contributed by atoms with Crippen molar-refractivity contribution >= 4 is 25.3 Å². The third-order valence-corrected chi connectivity index (χ3v) is 6.00. The van der Waals surface area contributed by atoms with Crippen molar-refractivity contribution in [1.82, 2.24) is 10.2 Å². The number of nitrogens with two attached hydrogens (primary N) is 2. The number of ether oxygens (including phenoxy) is 1. The van der Waals surface area contributed by atoms with Crippen LogP contribution in [0.4, 0.5) is 0 Å². The van der Waals surface area contributed by atoms with Crippen LogP contribution in [0.3, 0.4) is 0 Å². The molecule has 216 valence electrons. The van der Waals surface area contributed by atoms with Gasteiger partial charge in [0.15, 0.2) is 0 Å². The monoisotopic (exact) mass is 542 g/mol. The third kappa shape index (κ3) is 13.9. The minimum absolute atomic E-state index is 0.00245. The van der Waals surface area contributed by atoms with Crippen molar-refractivity contribution < 1.29 is 23.9 Å². The highest BCUT2D eigenvalue weighted by molar-refractivity contribution is 5.65. The van der Waals surface area contributed by atoms with Crippen molar-refractivity contribution in [1.29, 1.82) is 0 Å². The van der Waals surface area contributed by atoms with Crippen LogP contribution in [0, 0.1) is 0 Å². The number of hydrogen-bond acceptors (Lipinski definition) is 8. The smallest absolute Gasteiger partial charge is 0.210 e. The molecule has 0 aliphatic carbocycles. The zero-order valence-electron chi connectivity index (χ0n) is 23.7. The number of carbonyl (C=O) groups is 4. The fraction of sp³-hybridized carbons (Fsp3) is 0.467. The number of likely N-dealkylation sites (tertiary alicyclic amines) is 1. The number of aldehydes is 3. The fourth-order valence-corrected chi connectivity index (χ4v) is 4.12. The summed E-state index contributed by atoms with van der Waals surface area (Å²) >= 11 is 0. The number of likely N-dealkylation sites (N-methyl/N-ethyl adjacent to an activating group) is 1. The Labute approximate surface area is 233 Å². The van der Waals surface area contributed by atoms with Crippen LogP contribution in [0.25, 0.3) is 0 Å². The molecule has 4 unspecified atom stereocenters. The summed E-state index contributed by atoms with van der Waals surface area (Å²) in [5.74, 6) is 0. The first-order valence-electron chi connectivity index (χ1n) is 13.1. The molecule has 0 aromatic heterocycles. The first-order valence-corrected chi connectivity index (χ1v) is 13.1. The summed E-state index contributed by atoms with van der Waals surface area (Å²) in [6.45, 7) is 2.68. The van der Waals surface area contributed by atoms with Gasteiger partial charge in [-0.3, -0.25) is 4.79 Å². The number of methoxy groups -OCH3 is 1. The standard InChI is InChI=1S/C15H20N2O2.C8H10O.C6H11NO2.CH5N/c1-11(16)8-12-4-2-3-5-14(12)15-7-6-13(9-18)17(15)10-19;1-9-7-8-5-3-2-4-6-8;1-7-6(5-9)3-2-4-8;1-2/h2-5,9-11,13,15H,6-8,16H2,1H3;2-6H,7H2,1H3;4-7H,2-3H2,1H3;2H2,1H3. The van der Waals surface area contributed by atoms with Crippen LogP contribution >= 0.6 is 0 Å². The Kier molecular flexibility index (Phi) is 20.8. The Morgan fingerprint density at radius 1 is 1.03 bits per heavy atom. The summed E-state index contributed by atoms with van der Waals surface area (Å²) in [5.41, 5.74) is 13.9. The lowest BCUT2D eigenvalue weighted by atomic mass is 9.95. The van der Waals surface area contributed by atoms with Crippen molar-refractivity contribution in [3.8, 4) is 0 Å². The second-order valence-corrected chi connectivity index (χ2v) is 8.92. The van der Waals surface area contributed by atoms with Crippen molar-refractivity contribution in [2.45, 2.75) is 69.8 Å². The van der Waals surface area contributed by atoms with Crippen LogP contribution in [-0.4, -0.2) is 69.5 Å². The minimum atomic E-state index is -0.286. The Morgan fingerprint density at radius 3 is 2.18 bits per heavy atom. The van der Waals surface area contributed by atoms with Gasteiger partial charge in [-0.05, 0) is 63.4 Å². The molecular formula is C30H46N4O5. The summed E-state index contributed by atoms with van der Waals surface area (Å²) in [6, 6.07) is 17.8. The highest BCUT2D eigenvalue weighted by atomic mass is 16.5. The molecule has 9 heteroatoms. The molecule has 3 rings (SSSR count). The maximum Gasteiger partial charge on any atom is 0.210 e. The molecule has 0 spiro atoms. The summed E-state index contributed by atoms with van der Waals surface area (Å²) < 4.78 is 4.93. The largest absolute Gasteiger partial charge is 0.380 e. The van der Waals surface area contributed by atoms with Crippen LogP contribution in [0.2, 0.25) is 0 Å². The summed E-state index contributed by atoms with van der Waals surface area (Å²) in [6.07, 6.45) is 6.68. The Hall–Kier alpha value is -3.24.